The van der Waals surface area contributed by atoms with Crippen LogP contribution >= 0.6 is 0 Å². The van der Waals surface area contributed by atoms with Gasteiger partial charge in [-0.05, 0) is 68.5 Å². The van der Waals surface area contributed by atoms with Crippen LogP contribution in [0.25, 0.3) is 11.1 Å². The molecule has 31 heavy (non-hydrogen) atoms. The number of rotatable bonds is 6. The molecule has 0 bridgehead atoms. The quantitative estimate of drug-likeness (QED) is 0.593. The van der Waals surface area contributed by atoms with E-state index < -0.39 is 0 Å². The Hall–Kier alpha value is -3.28. The molecule has 0 saturated carbocycles. The van der Waals surface area contributed by atoms with Gasteiger partial charge in [-0.15, -0.1) is 0 Å². The van der Waals surface area contributed by atoms with Gasteiger partial charge in [0.05, 0.1) is 24.8 Å². The molecule has 1 atom stereocenters. The predicted molar refractivity (Wildman–Crippen MR) is 120 cm³/mol. The molecule has 0 spiro atoms. The van der Waals surface area contributed by atoms with E-state index in [1.165, 1.54) is 0 Å². The summed E-state index contributed by atoms with van der Waals surface area (Å²) in [4.78, 5) is 28.7. The minimum absolute atomic E-state index is 0.0422. The Balaban J connectivity index is 1.60. The Bertz CT molecular complexity index is 1070. The molecule has 4 rings (SSSR count). The molecule has 1 fully saturated rings. The Morgan fingerprint density at radius 3 is 2.68 bits per heavy atom. The summed E-state index contributed by atoms with van der Waals surface area (Å²) in [6.45, 7) is 7.27. The molecule has 1 aliphatic rings. The lowest BCUT2D eigenvalue weighted by molar-refractivity contribution is -0.131. The van der Waals surface area contributed by atoms with Crippen molar-refractivity contribution in [1.29, 1.82) is 0 Å². The van der Waals surface area contributed by atoms with Crippen LogP contribution in [0, 0.1) is 13.8 Å². The highest BCUT2D eigenvalue weighted by Crippen LogP contribution is 2.37. The second-order valence-corrected chi connectivity index (χ2v) is 7.91. The van der Waals surface area contributed by atoms with E-state index in [1.807, 2.05) is 68.4 Å². The van der Waals surface area contributed by atoms with Crippen LogP contribution in [0.1, 0.15) is 48.5 Å². The van der Waals surface area contributed by atoms with E-state index in [1.54, 1.807) is 6.20 Å². The molecule has 0 unspecified atom stereocenters. The number of pyridine rings is 1. The minimum Gasteiger partial charge on any atom is -0.494 e. The molecule has 0 aliphatic carbocycles. The van der Waals surface area contributed by atoms with Crippen LogP contribution < -0.4 is 4.74 Å². The standard InChI is InChI=1S/C25H28N4O2/c1-4-31-20-9-7-19(8-10-20)14-24(30)29-13-5-6-23(29)25-22(16-27-18(3)28-25)21-11-12-26-15-17(21)2/h7-12,15-16,23H,4-6,13-14H2,1-3H3/t23-/m1/s1. The van der Waals surface area contributed by atoms with E-state index in [-0.39, 0.29) is 11.9 Å². The zero-order valence-electron chi connectivity index (χ0n) is 18.3. The summed E-state index contributed by atoms with van der Waals surface area (Å²) in [5.41, 5.74) is 5.04. The molecule has 1 saturated heterocycles. The molecule has 1 aliphatic heterocycles. The monoisotopic (exact) mass is 416 g/mol. The van der Waals surface area contributed by atoms with Crippen molar-refractivity contribution in [3.63, 3.8) is 0 Å². The van der Waals surface area contributed by atoms with Gasteiger partial charge in [-0.1, -0.05) is 12.1 Å². The van der Waals surface area contributed by atoms with Crippen LogP contribution in [0.15, 0.2) is 48.9 Å². The SMILES string of the molecule is CCOc1ccc(CC(=O)N2CCC[C@@H]2c2nc(C)ncc2-c2ccncc2C)cc1. The second kappa shape index (κ2) is 9.25. The van der Waals surface area contributed by atoms with Crippen LogP contribution in [-0.4, -0.2) is 38.9 Å². The molecule has 0 radical (unpaired) electrons. The largest absolute Gasteiger partial charge is 0.494 e. The normalized spacial score (nSPS) is 15.8. The lowest BCUT2D eigenvalue weighted by Gasteiger charge is -2.26. The van der Waals surface area contributed by atoms with Gasteiger partial charge in [-0.3, -0.25) is 9.78 Å². The van der Waals surface area contributed by atoms with E-state index in [9.17, 15) is 4.79 Å². The predicted octanol–water partition coefficient (Wildman–Crippen LogP) is 4.46. The van der Waals surface area contributed by atoms with Crippen molar-refractivity contribution in [1.82, 2.24) is 19.9 Å². The summed E-state index contributed by atoms with van der Waals surface area (Å²) < 4.78 is 5.50. The molecule has 0 N–H and O–H groups in total. The molecule has 1 aromatic carbocycles. The first-order valence-electron chi connectivity index (χ1n) is 10.8. The number of carbonyl (C=O) groups is 1. The van der Waals surface area contributed by atoms with Gasteiger partial charge in [-0.2, -0.15) is 0 Å². The number of carbonyl (C=O) groups excluding carboxylic acids is 1. The number of amides is 1. The molecular weight excluding hydrogens is 388 g/mol. The van der Waals surface area contributed by atoms with Crippen LogP contribution in [0.2, 0.25) is 0 Å². The van der Waals surface area contributed by atoms with Crippen molar-refractivity contribution in [3.05, 3.63) is 71.6 Å². The third-order valence-corrected chi connectivity index (χ3v) is 5.73. The number of aryl methyl sites for hydroxylation is 2. The maximum Gasteiger partial charge on any atom is 0.227 e. The van der Waals surface area contributed by atoms with Crippen LogP contribution in [0.5, 0.6) is 5.75 Å². The Morgan fingerprint density at radius 1 is 1.13 bits per heavy atom. The van der Waals surface area contributed by atoms with Crippen molar-refractivity contribution in [3.8, 4) is 16.9 Å². The summed E-state index contributed by atoms with van der Waals surface area (Å²) in [6, 6.07) is 9.73. The van der Waals surface area contributed by atoms with Gasteiger partial charge < -0.3 is 9.64 Å². The van der Waals surface area contributed by atoms with Crippen molar-refractivity contribution >= 4 is 5.91 Å². The second-order valence-electron chi connectivity index (χ2n) is 7.91. The number of benzene rings is 1. The van der Waals surface area contributed by atoms with Crippen molar-refractivity contribution in [2.24, 2.45) is 0 Å². The summed E-state index contributed by atoms with van der Waals surface area (Å²) in [5.74, 6) is 1.67. The molecule has 2 aromatic heterocycles. The molecule has 1 amide bonds. The van der Waals surface area contributed by atoms with Gasteiger partial charge in [0.15, 0.2) is 0 Å². The number of aromatic nitrogens is 3. The first kappa shape index (κ1) is 21.0. The topological polar surface area (TPSA) is 68.2 Å². The van der Waals surface area contributed by atoms with Crippen molar-refractivity contribution in [2.75, 3.05) is 13.2 Å². The third kappa shape index (κ3) is 4.58. The molecule has 6 heteroatoms. The molecule has 6 nitrogen and oxygen atoms in total. The number of nitrogens with zero attached hydrogens (tertiary/aromatic N) is 4. The van der Waals surface area contributed by atoms with Gasteiger partial charge in [0.25, 0.3) is 0 Å². The van der Waals surface area contributed by atoms with Crippen LogP contribution in [0.3, 0.4) is 0 Å². The van der Waals surface area contributed by atoms with Gasteiger partial charge in [0, 0.05) is 30.7 Å². The van der Waals surface area contributed by atoms with E-state index in [0.29, 0.717) is 13.0 Å². The Labute approximate surface area is 183 Å². The lowest BCUT2D eigenvalue weighted by Crippen LogP contribution is -2.32. The average molecular weight is 417 g/mol. The van der Waals surface area contributed by atoms with Gasteiger partial charge in [0.2, 0.25) is 5.91 Å². The van der Waals surface area contributed by atoms with Crippen molar-refractivity contribution in [2.45, 2.75) is 46.1 Å². The summed E-state index contributed by atoms with van der Waals surface area (Å²) in [7, 11) is 0. The lowest BCUT2D eigenvalue weighted by atomic mass is 9.97. The minimum atomic E-state index is -0.0422. The highest BCUT2D eigenvalue weighted by Gasteiger charge is 2.33. The molecule has 160 valence electrons. The van der Waals surface area contributed by atoms with Crippen LogP contribution in [-0.2, 0) is 11.2 Å². The molecule has 3 aromatic rings. The zero-order valence-corrected chi connectivity index (χ0v) is 18.3. The first-order valence-corrected chi connectivity index (χ1v) is 10.8. The van der Waals surface area contributed by atoms with Crippen molar-refractivity contribution < 1.29 is 9.53 Å². The maximum absolute atomic E-state index is 13.3. The van der Waals surface area contributed by atoms with E-state index in [4.69, 9.17) is 9.72 Å². The van der Waals surface area contributed by atoms with Crippen LogP contribution in [0.4, 0.5) is 0 Å². The van der Waals surface area contributed by atoms with Gasteiger partial charge in [0.1, 0.15) is 11.6 Å². The number of ether oxygens (including phenoxy) is 1. The maximum atomic E-state index is 13.3. The van der Waals surface area contributed by atoms with Gasteiger partial charge >= 0.3 is 0 Å². The number of likely N-dealkylation sites (tertiary alicyclic amines) is 1. The van der Waals surface area contributed by atoms with E-state index in [0.717, 1.165) is 58.9 Å². The highest BCUT2D eigenvalue weighted by molar-refractivity contribution is 5.80. The first-order chi connectivity index (χ1) is 15.1. The highest BCUT2D eigenvalue weighted by atomic mass is 16.5. The van der Waals surface area contributed by atoms with E-state index >= 15 is 0 Å². The number of hydrogen-bond donors (Lipinski definition) is 0. The fourth-order valence-corrected chi connectivity index (χ4v) is 4.22. The fraction of sp³-hybridized carbons (Fsp3) is 0.360. The molecule has 3 heterocycles. The fourth-order valence-electron chi connectivity index (χ4n) is 4.22. The summed E-state index contributed by atoms with van der Waals surface area (Å²) in [5, 5.41) is 0. The summed E-state index contributed by atoms with van der Waals surface area (Å²) in [6.07, 6.45) is 7.77. The number of hydrogen-bond acceptors (Lipinski definition) is 5. The van der Waals surface area contributed by atoms with Gasteiger partial charge in [-0.25, -0.2) is 9.97 Å². The average Bonchev–Trinajstić information content (AvgIpc) is 3.26. The summed E-state index contributed by atoms with van der Waals surface area (Å²) >= 11 is 0. The zero-order chi connectivity index (χ0) is 21.8. The van der Waals surface area contributed by atoms with E-state index in [2.05, 4.69) is 9.97 Å². The Morgan fingerprint density at radius 2 is 1.94 bits per heavy atom. The third-order valence-electron chi connectivity index (χ3n) is 5.73. The molecular formula is C25H28N4O2. The smallest absolute Gasteiger partial charge is 0.227 e. The Kier molecular flexibility index (Phi) is 6.26.